The van der Waals surface area contributed by atoms with Gasteiger partial charge < -0.3 is 10.4 Å². The number of aliphatic hydroxyl groups is 1. The number of likely N-dealkylation sites (N-methyl/N-ethyl adjacent to an activating group) is 1. The number of halogens is 3. The monoisotopic (exact) mass is 256 g/mol. The standard InChI is InChI=1S/C11H23F3N2O/c1-4-15-10(7-17)5-6-16(9(2)3)8-11(12,13)14/h9-10,15,17H,4-8H2,1-3H3. The van der Waals surface area contributed by atoms with E-state index in [1.165, 1.54) is 4.90 Å². The fourth-order valence-corrected chi connectivity index (χ4v) is 1.62. The van der Waals surface area contributed by atoms with Crippen LogP contribution < -0.4 is 5.32 Å². The lowest BCUT2D eigenvalue weighted by Crippen LogP contribution is -2.43. The third kappa shape index (κ3) is 8.40. The minimum Gasteiger partial charge on any atom is -0.395 e. The Labute approximate surface area is 101 Å². The molecular formula is C11H23F3N2O. The number of hydrogen-bond acceptors (Lipinski definition) is 3. The van der Waals surface area contributed by atoms with Crippen molar-refractivity contribution in [1.29, 1.82) is 0 Å². The Balaban J connectivity index is 4.17. The molecule has 0 bridgehead atoms. The zero-order chi connectivity index (χ0) is 13.5. The van der Waals surface area contributed by atoms with E-state index in [1.807, 2.05) is 6.92 Å². The van der Waals surface area contributed by atoms with Gasteiger partial charge in [-0.2, -0.15) is 13.2 Å². The van der Waals surface area contributed by atoms with Crippen LogP contribution in [0, 0.1) is 0 Å². The maximum Gasteiger partial charge on any atom is 0.401 e. The summed E-state index contributed by atoms with van der Waals surface area (Å²) >= 11 is 0. The SMILES string of the molecule is CCNC(CO)CCN(CC(F)(F)F)C(C)C. The predicted molar refractivity (Wildman–Crippen MR) is 61.9 cm³/mol. The number of aliphatic hydroxyl groups excluding tert-OH is 1. The summed E-state index contributed by atoms with van der Waals surface area (Å²) in [5, 5.41) is 12.1. The molecule has 1 atom stereocenters. The predicted octanol–water partition coefficient (Wildman–Crippen LogP) is 1.62. The first-order valence-corrected chi connectivity index (χ1v) is 5.95. The zero-order valence-corrected chi connectivity index (χ0v) is 10.7. The molecule has 0 aromatic carbocycles. The third-order valence-electron chi connectivity index (χ3n) is 2.59. The lowest BCUT2D eigenvalue weighted by atomic mass is 10.2. The van der Waals surface area contributed by atoms with Gasteiger partial charge in [0.05, 0.1) is 13.2 Å². The molecule has 0 aliphatic rings. The van der Waals surface area contributed by atoms with Gasteiger partial charge in [0, 0.05) is 18.6 Å². The van der Waals surface area contributed by atoms with Crippen LogP contribution >= 0.6 is 0 Å². The molecule has 0 fully saturated rings. The molecule has 0 aliphatic heterocycles. The van der Waals surface area contributed by atoms with Crippen LogP contribution in [0.25, 0.3) is 0 Å². The largest absolute Gasteiger partial charge is 0.401 e. The zero-order valence-electron chi connectivity index (χ0n) is 10.7. The molecule has 0 aromatic heterocycles. The summed E-state index contributed by atoms with van der Waals surface area (Å²) < 4.78 is 36.9. The average Bonchev–Trinajstić information content (AvgIpc) is 2.20. The molecule has 0 rings (SSSR count). The Kier molecular flexibility index (Phi) is 7.74. The molecule has 0 amide bonds. The quantitative estimate of drug-likeness (QED) is 0.692. The van der Waals surface area contributed by atoms with E-state index in [4.69, 9.17) is 5.11 Å². The Morgan fingerprint density at radius 1 is 1.29 bits per heavy atom. The number of rotatable bonds is 8. The molecule has 104 valence electrons. The molecule has 6 heteroatoms. The summed E-state index contributed by atoms with van der Waals surface area (Å²) in [6.07, 6.45) is -3.66. The molecule has 0 saturated heterocycles. The fourth-order valence-electron chi connectivity index (χ4n) is 1.62. The van der Waals surface area contributed by atoms with Crippen LogP contribution in [0.1, 0.15) is 27.2 Å². The van der Waals surface area contributed by atoms with Crippen LogP contribution in [-0.2, 0) is 0 Å². The molecule has 0 radical (unpaired) electrons. The van der Waals surface area contributed by atoms with Gasteiger partial charge >= 0.3 is 6.18 Å². The van der Waals surface area contributed by atoms with Gasteiger partial charge in [0.15, 0.2) is 0 Å². The molecule has 0 spiro atoms. The second-order valence-electron chi connectivity index (χ2n) is 4.41. The summed E-state index contributed by atoms with van der Waals surface area (Å²) in [5.74, 6) is 0. The molecule has 0 aliphatic carbocycles. The Hall–Kier alpha value is -0.330. The fraction of sp³-hybridized carbons (Fsp3) is 1.00. The summed E-state index contributed by atoms with van der Waals surface area (Å²) in [4.78, 5) is 1.38. The van der Waals surface area contributed by atoms with Crippen molar-refractivity contribution in [1.82, 2.24) is 10.2 Å². The maximum atomic E-state index is 12.3. The van der Waals surface area contributed by atoms with Crippen molar-refractivity contribution >= 4 is 0 Å². The molecule has 0 aromatic rings. The first-order chi connectivity index (χ1) is 7.80. The van der Waals surface area contributed by atoms with Crippen LogP contribution in [-0.4, -0.2) is 54.5 Å². The highest BCUT2D eigenvalue weighted by atomic mass is 19.4. The third-order valence-corrected chi connectivity index (χ3v) is 2.59. The van der Waals surface area contributed by atoms with Gasteiger partial charge in [-0.1, -0.05) is 6.92 Å². The lowest BCUT2D eigenvalue weighted by molar-refractivity contribution is -0.149. The van der Waals surface area contributed by atoms with Crippen molar-refractivity contribution in [3.8, 4) is 0 Å². The van der Waals surface area contributed by atoms with Crippen molar-refractivity contribution in [2.45, 2.75) is 45.5 Å². The highest BCUT2D eigenvalue weighted by Crippen LogP contribution is 2.18. The maximum absolute atomic E-state index is 12.3. The number of nitrogens with zero attached hydrogens (tertiary/aromatic N) is 1. The van der Waals surface area contributed by atoms with E-state index in [0.717, 1.165) is 0 Å². The van der Waals surface area contributed by atoms with E-state index in [2.05, 4.69) is 5.32 Å². The van der Waals surface area contributed by atoms with Crippen molar-refractivity contribution in [3.05, 3.63) is 0 Å². The average molecular weight is 256 g/mol. The van der Waals surface area contributed by atoms with Gasteiger partial charge in [-0.25, -0.2) is 0 Å². The molecular weight excluding hydrogens is 233 g/mol. The van der Waals surface area contributed by atoms with Crippen molar-refractivity contribution in [2.24, 2.45) is 0 Å². The summed E-state index contributed by atoms with van der Waals surface area (Å²) in [6.45, 7) is 5.47. The second kappa shape index (κ2) is 7.89. The minimum atomic E-state index is -4.17. The van der Waals surface area contributed by atoms with E-state index < -0.39 is 12.7 Å². The molecule has 0 saturated carbocycles. The van der Waals surface area contributed by atoms with E-state index in [0.29, 0.717) is 19.5 Å². The molecule has 17 heavy (non-hydrogen) atoms. The molecule has 1 unspecified atom stereocenters. The topological polar surface area (TPSA) is 35.5 Å². The van der Waals surface area contributed by atoms with Gasteiger partial charge in [0.25, 0.3) is 0 Å². The molecule has 0 heterocycles. The van der Waals surface area contributed by atoms with Gasteiger partial charge in [0.2, 0.25) is 0 Å². The highest BCUT2D eigenvalue weighted by Gasteiger charge is 2.31. The highest BCUT2D eigenvalue weighted by molar-refractivity contribution is 4.72. The van der Waals surface area contributed by atoms with Gasteiger partial charge in [0.1, 0.15) is 0 Å². The van der Waals surface area contributed by atoms with Crippen LogP contribution in [0.2, 0.25) is 0 Å². The minimum absolute atomic E-state index is 0.0498. The van der Waals surface area contributed by atoms with Crippen molar-refractivity contribution in [3.63, 3.8) is 0 Å². The Morgan fingerprint density at radius 2 is 1.88 bits per heavy atom. The van der Waals surface area contributed by atoms with Crippen molar-refractivity contribution < 1.29 is 18.3 Å². The summed E-state index contributed by atoms with van der Waals surface area (Å²) in [6, 6.07) is -0.285. The van der Waals surface area contributed by atoms with Crippen LogP contribution in [0.15, 0.2) is 0 Å². The summed E-state index contributed by atoms with van der Waals surface area (Å²) in [5.41, 5.74) is 0. The Bertz CT molecular complexity index is 198. The van der Waals surface area contributed by atoms with E-state index in [-0.39, 0.29) is 18.7 Å². The smallest absolute Gasteiger partial charge is 0.395 e. The van der Waals surface area contributed by atoms with Crippen LogP contribution in [0.4, 0.5) is 13.2 Å². The number of alkyl halides is 3. The van der Waals surface area contributed by atoms with E-state index >= 15 is 0 Å². The normalized spacial score (nSPS) is 14.6. The second-order valence-corrected chi connectivity index (χ2v) is 4.41. The molecule has 3 nitrogen and oxygen atoms in total. The lowest BCUT2D eigenvalue weighted by Gasteiger charge is -2.29. The first kappa shape index (κ1) is 16.7. The number of hydrogen-bond donors (Lipinski definition) is 2. The van der Waals surface area contributed by atoms with Crippen molar-refractivity contribution in [2.75, 3.05) is 26.2 Å². The molecule has 2 N–H and O–H groups in total. The first-order valence-electron chi connectivity index (χ1n) is 5.95. The number of nitrogens with one attached hydrogen (secondary N) is 1. The van der Waals surface area contributed by atoms with Crippen LogP contribution in [0.3, 0.4) is 0 Å². The van der Waals surface area contributed by atoms with E-state index in [9.17, 15) is 13.2 Å². The van der Waals surface area contributed by atoms with Gasteiger partial charge in [-0.05, 0) is 26.8 Å². The Morgan fingerprint density at radius 3 is 2.24 bits per heavy atom. The van der Waals surface area contributed by atoms with Gasteiger partial charge in [-0.3, -0.25) is 4.90 Å². The van der Waals surface area contributed by atoms with E-state index in [1.54, 1.807) is 13.8 Å². The summed E-state index contributed by atoms with van der Waals surface area (Å²) in [7, 11) is 0. The van der Waals surface area contributed by atoms with Crippen LogP contribution in [0.5, 0.6) is 0 Å². The van der Waals surface area contributed by atoms with Gasteiger partial charge in [-0.15, -0.1) is 0 Å².